The number of rotatable bonds is 4. The van der Waals surface area contributed by atoms with Crippen LogP contribution in [0.15, 0.2) is 9.85 Å². The number of hydrogen-bond donors (Lipinski definition) is 1. The second kappa shape index (κ2) is 5.43. The van der Waals surface area contributed by atoms with Crippen LogP contribution in [0.2, 0.25) is 5.02 Å². The molecule has 2 saturated carbocycles. The monoisotopic (exact) mass is 347 g/mol. The third kappa shape index (κ3) is 2.39. The average molecular weight is 349 g/mol. The minimum Gasteiger partial charge on any atom is -0.309 e. The Balaban J connectivity index is 1.80. The summed E-state index contributed by atoms with van der Waals surface area (Å²) in [7, 11) is 0. The molecule has 1 nitrogen and oxygen atoms in total. The predicted molar refractivity (Wildman–Crippen MR) is 82.4 cm³/mol. The molecule has 3 rings (SSSR count). The molecule has 1 aromatic heterocycles. The van der Waals surface area contributed by atoms with Crippen LogP contribution in [0, 0.1) is 17.8 Å². The van der Waals surface area contributed by atoms with Crippen molar-refractivity contribution in [1.29, 1.82) is 0 Å². The quantitative estimate of drug-likeness (QED) is 0.783. The van der Waals surface area contributed by atoms with Gasteiger partial charge in [-0.25, -0.2) is 0 Å². The van der Waals surface area contributed by atoms with Crippen LogP contribution in [0.4, 0.5) is 0 Å². The van der Waals surface area contributed by atoms with Crippen LogP contribution in [0.5, 0.6) is 0 Å². The molecule has 3 unspecified atom stereocenters. The Labute approximate surface area is 126 Å². The molecule has 2 aliphatic rings. The van der Waals surface area contributed by atoms with Gasteiger partial charge in [0.25, 0.3) is 0 Å². The van der Waals surface area contributed by atoms with E-state index in [9.17, 15) is 0 Å². The lowest BCUT2D eigenvalue weighted by atomic mass is 10.0. The topological polar surface area (TPSA) is 12.0 Å². The fraction of sp³-hybridized carbons (Fsp3) is 0.714. The lowest BCUT2D eigenvalue weighted by Gasteiger charge is -2.16. The molecule has 3 atom stereocenters. The molecule has 1 N–H and O–H groups in total. The van der Waals surface area contributed by atoms with Crippen LogP contribution in [0.3, 0.4) is 0 Å². The maximum absolute atomic E-state index is 6.19. The van der Waals surface area contributed by atoms with E-state index in [0.717, 1.165) is 33.1 Å². The molecule has 0 saturated heterocycles. The molecule has 0 bridgehead atoms. The van der Waals surface area contributed by atoms with E-state index >= 15 is 0 Å². The van der Waals surface area contributed by atoms with E-state index in [-0.39, 0.29) is 0 Å². The highest BCUT2D eigenvalue weighted by Crippen LogP contribution is 2.61. The normalized spacial score (nSPS) is 32.1. The summed E-state index contributed by atoms with van der Waals surface area (Å²) >= 11 is 11.5. The first-order valence-electron chi connectivity index (χ1n) is 6.90. The van der Waals surface area contributed by atoms with Gasteiger partial charge in [0.2, 0.25) is 0 Å². The first-order chi connectivity index (χ1) is 8.72. The fourth-order valence-electron chi connectivity index (χ4n) is 3.71. The summed E-state index contributed by atoms with van der Waals surface area (Å²) in [6, 6.07) is 2.67. The van der Waals surface area contributed by atoms with E-state index in [4.69, 9.17) is 11.6 Å². The molecular formula is C14H19BrClNS. The van der Waals surface area contributed by atoms with Gasteiger partial charge in [0, 0.05) is 10.9 Å². The van der Waals surface area contributed by atoms with Crippen molar-refractivity contribution < 1.29 is 0 Å². The zero-order chi connectivity index (χ0) is 12.7. The maximum Gasteiger partial charge on any atom is 0.0887 e. The smallest absolute Gasteiger partial charge is 0.0887 e. The van der Waals surface area contributed by atoms with E-state index in [2.05, 4.69) is 34.2 Å². The number of hydrogen-bond acceptors (Lipinski definition) is 2. The molecular weight excluding hydrogens is 330 g/mol. The van der Waals surface area contributed by atoms with Crippen molar-refractivity contribution in [1.82, 2.24) is 5.32 Å². The summed E-state index contributed by atoms with van der Waals surface area (Å²) < 4.78 is 1.07. The van der Waals surface area contributed by atoms with Crippen molar-refractivity contribution in [3.8, 4) is 0 Å². The summed E-state index contributed by atoms with van der Waals surface area (Å²) in [5, 5.41) is 4.55. The largest absolute Gasteiger partial charge is 0.309 e. The van der Waals surface area contributed by atoms with Gasteiger partial charge in [0.05, 0.1) is 8.81 Å². The summed E-state index contributed by atoms with van der Waals surface area (Å²) in [6.45, 7) is 3.23. The van der Waals surface area contributed by atoms with Crippen LogP contribution in [-0.2, 0) is 0 Å². The second-order valence-electron chi connectivity index (χ2n) is 5.50. The fourth-order valence-corrected chi connectivity index (χ4v) is 5.59. The van der Waals surface area contributed by atoms with E-state index in [1.165, 1.54) is 30.6 Å². The number of halogens is 2. The highest BCUT2D eigenvalue weighted by molar-refractivity contribution is 9.11. The zero-order valence-electron chi connectivity index (χ0n) is 10.6. The first-order valence-corrected chi connectivity index (χ1v) is 8.89. The lowest BCUT2D eigenvalue weighted by molar-refractivity contribution is 0.463. The van der Waals surface area contributed by atoms with E-state index < -0.39 is 0 Å². The van der Waals surface area contributed by atoms with Crippen molar-refractivity contribution in [3.63, 3.8) is 0 Å². The Morgan fingerprint density at radius 1 is 1.44 bits per heavy atom. The van der Waals surface area contributed by atoms with Crippen molar-refractivity contribution in [2.45, 2.75) is 38.6 Å². The van der Waals surface area contributed by atoms with Crippen molar-refractivity contribution >= 4 is 38.9 Å². The molecule has 4 heteroatoms. The van der Waals surface area contributed by atoms with E-state index in [1.807, 2.05) is 0 Å². The third-order valence-corrected chi connectivity index (χ3v) is 7.06. The number of thiophene rings is 1. The lowest BCUT2D eigenvalue weighted by Crippen LogP contribution is -2.23. The van der Waals surface area contributed by atoms with Gasteiger partial charge in [-0.15, -0.1) is 11.3 Å². The van der Waals surface area contributed by atoms with Crippen LogP contribution in [-0.4, -0.2) is 6.54 Å². The average Bonchev–Trinajstić information content (AvgIpc) is 2.99. The Bertz CT molecular complexity index is 402. The van der Waals surface area contributed by atoms with Gasteiger partial charge in [-0.05, 0) is 59.1 Å². The van der Waals surface area contributed by atoms with Gasteiger partial charge in [-0.2, -0.15) is 0 Å². The second-order valence-corrected chi connectivity index (χ2v) is 8.30. The van der Waals surface area contributed by atoms with Gasteiger partial charge in [-0.1, -0.05) is 31.4 Å². The molecule has 1 aromatic rings. The van der Waals surface area contributed by atoms with Crippen molar-refractivity contribution in [2.24, 2.45) is 17.8 Å². The molecule has 0 radical (unpaired) electrons. The van der Waals surface area contributed by atoms with Gasteiger partial charge >= 0.3 is 0 Å². The maximum atomic E-state index is 6.19. The minimum absolute atomic E-state index is 0.525. The van der Waals surface area contributed by atoms with Crippen LogP contribution >= 0.6 is 38.9 Å². The molecule has 0 aromatic carbocycles. The summed E-state index contributed by atoms with van der Waals surface area (Å²) in [4.78, 5) is 1.41. The Kier molecular flexibility index (Phi) is 4.05. The Morgan fingerprint density at radius 2 is 2.11 bits per heavy atom. The summed E-state index contributed by atoms with van der Waals surface area (Å²) in [5.41, 5.74) is 0. The summed E-state index contributed by atoms with van der Waals surface area (Å²) in [6.07, 6.45) is 5.76. The SMILES string of the molecule is CCNC(c1cc(Cl)c(Br)s1)C1C2CCCCC21. The van der Waals surface area contributed by atoms with Gasteiger partial charge in [-0.3, -0.25) is 0 Å². The Morgan fingerprint density at radius 3 is 2.61 bits per heavy atom. The predicted octanol–water partition coefficient (Wildman–Crippen LogP) is 5.25. The molecule has 0 spiro atoms. The molecule has 18 heavy (non-hydrogen) atoms. The van der Waals surface area contributed by atoms with Gasteiger partial charge in [0.15, 0.2) is 0 Å². The third-order valence-electron chi connectivity index (χ3n) is 4.50. The number of fused-ring (bicyclic) bond motifs is 1. The molecule has 100 valence electrons. The summed E-state index contributed by atoms with van der Waals surface area (Å²) in [5.74, 6) is 2.80. The van der Waals surface area contributed by atoms with Crippen LogP contribution in [0.25, 0.3) is 0 Å². The van der Waals surface area contributed by atoms with Gasteiger partial charge in [0.1, 0.15) is 0 Å². The van der Waals surface area contributed by atoms with Crippen LogP contribution < -0.4 is 5.32 Å². The van der Waals surface area contributed by atoms with E-state index in [0.29, 0.717) is 6.04 Å². The molecule has 0 amide bonds. The standard InChI is InChI=1S/C14H19BrClNS/c1-2-17-13(11-7-10(16)14(15)18-11)12-8-5-3-4-6-9(8)12/h7-9,12-13,17H,2-6H2,1H3. The molecule has 1 heterocycles. The highest BCUT2D eigenvalue weighted by atomic mass is 79.9. The molecule has 2 aliphatic carbocycles. The van der Waals surface area contributed by atoms with E-state index in [1.54, 1.807) is 11.3 Å². The Hall–Kier alpha value is 0.430. The van der Waals surface area contributed by atoms with Crippen LogP contribution in [0.1, 0.15) is 43.5 Å². The molecule has 2 fully saturated rings. The van der Waals surface area contributed by atoms with Crippen molar-refractivity contribution in [2.75, 3.05) is 6.54 Å². The van der Waals surface area contributed by atoms with Gasteiger partial charge < -0.3 is 5.32 Å². The number of nitrogens with one attached hydrogen (secondary N) is 1. The minimum atomic E-state index is 0.525. The van der Waals surface area contributed by atoms with Crippen molar-refractivity contribution in [3.05, 3.63) is 19.8 Å². The molecule has 0 aliphatic heterocycles. The highest BCUT2D eigenvalue weighted by Gasteiger charge is 2.54. The zero-order valence-corrected chi connectivity index (χ0v) is 13.7. The first kappa shape index (κ1) is 13.4.